The largest absolute Gasteiger partial charge is 0.348 e. The molecule has 146 valence electrons. The molecule has 0 radical (unpaired) electrons. The van der Waals surface area contributed by atoms with Crippen LogP contribution in [0, 0.1) is 6.92 Å². The number of carbonyl (C=O) groups excluding carboxylic acids is 1. The molecule has 0 bridgehead atoms. The van der Waals surface area contributed by atoms with Gasteiger partial charge in [-0.3, -0.25) is 14.7 Å². The van der Waals surface area contributed by atoms with E-state index in [0.717, 1.165) is 29.9 Å². The van der Waals surface area contributed by atoms with E-state index >= 15 is 0 Å². The van der Waals surface area contributed by atoms with Gasteiger partial charge in [-0.25, -0.2) is 9.78 Å². The highest BCUT2D eigenvalue weighted by molar-refractivity contribution is 7.08. The zero-order valence-corrected chi connectivity index (χ0v) is 17.0. The maximum atomic E-state index is 12.5. The summed E-state index contributed by atoms with van der Waals surface area (Å²) in [6.07, 6.45) is 0.899. The van der Waals surface area contributed by atoms with Crippen LogP contribution in [0.2, 0.25) is 0 Å². The van der Waals surface area contributed by atoms with Crippen molar-refractivity contribution in [2.45, 2.75) is 25.9 Å². The molecule has 0 aliphatic carbocycles. The Labute approximate surface area is 162 Å². The van der Waals surface area contributed by atoms with E-state index in [9.17, 15) is 9.59 Å². The number of carbonyl (C=O) groups is 1. The lowest BCUT2D eigenvalue weighted by atomic mass is 10.2. The van der Waals surface area contributed by atoms with Crippen molar-refractivity contribution in [2.24, 2.45) is 0 Å². The summed E-state index contributed by atoms with van der Waals surface area (Å²) >= 11 is 1.58. The van der Waals surface area contributed by atoms with Gasteiger partial charge < -0.3 is 15.1 Å². The van der Waals surface area contributed by atoms with E-state index in [-0.39, 0.29) is 17.6 Å². The van der Waals surface area contributed by atoms with Crippen LogP contribution in [0.5, 0.6) is 0 Å². The van der Waals surface area contributed by atoms with Gasteiger partial charge in [-0.15, -0.1) is 11.3 Å². The van der Waals surface area contributed by atoms with Gasteiger partial charge in [0.1, 0.15) is 0 Å². The molecule has 2 amide bonds. The Bertz CT molecular complexity index is 862. The molecule has 3 rings (SSSR count). The molecule has 1 saturated heterocycles. The molecule has 3 heterocycles. The lowest BCUT2D eigenvalue weighted by Gasteiger charge is -2.24. The van der Waals surface area contributed by atoms with Crippen LogP contribution in [0.15, 0.2) is 21.6 Å². The van der Waals surface area contributed by atoms with Crippen molar-refractivity contribution in [3.05, 3.63) is 38.4 Å². The summed E-state index contributed by atoms with van der Waals surface area (Å²) < 4.78 is 0. The van der Waals surface area contributed by atoms with Crippen LogP contribution in [0.3, 0.4) is 0 Å². The lowest BCUT2D eigenvalue weighted by Crippen LogP contribution is -2.38. The summed E-state index contributed by atoms with van der Waals surface area (Å²) in [6.45, 7) is 3.93. The number of aryl methyl sites for hydroxylation is 1. The first kappa shape index (κ1) is 19.4. The summed E-state index contributed by atoms with van der Waals surface area (Å²) in [7, 11) is 5.69. The molecule has 0 saturated carbocycles. The van der Waals surface area contributed by atoms with Crippen LogP contribution in [0.4, 0.5) is 16.4 Å². The molecule has 2 aromatic rings. The average molecular weight is 391 g/mol. The summed E-state index contributed by atoms with van der Waals surface area (Å²) in [6, 6.07) is 1.71. The summed E-state index contributed by atoms with van der Waals surface area (Å²) in [5.74, 6) is 0.546. The summed E-state index contributed by atoms with van der Waals surface area (Å²) in [5, 5.41) is 6.96. The van der Waals surface area contributed by atoms with Gasteiger partial charge in [0.15, 0.2) is 0 Å². The van der Waals surface area contributed by atoms with E-state index in [2.05, 4.69) is 20.2 Å². The summed E-state index contributed by atoms with van der Waals surface area (Å²) in [5.41, 5.74) is 2.53. The number of H-pyrrole nitrogens is 1. The van der Waals surface area contributed by atoms with E-state index in [0.29, 0.717) is 19.0 Å². The molecule has 8 nitrogen and oxygen atoms in total. The van der Waals surface area contributed by atoms with Crippen LogP contribution in [-0.2, 0) is 6.54 Å². The quantitative estimate of drug-likeness (QED) is 0.815. The Kier molecular flexibility index (Phi) is 5.81. The van der Waals surface area contributed by atoms with Crippen molar-refractivity contribution in [1.29, 1.82) is 0 Å². The standard InChI is InChI=1S/C18H26N6O2S/c1-12-10-27-11-15(12)20-18(26)24-6-5-14(9-24)23(4)8-13-7-16(25)21-17(19-13)22(2)3/h7,10-11,14H,5-6,8-9H2,1-4H3,(H,20,26)(H,19,21,25). The van der Waals surface area contributed by atoms with Crippen LogP contribution in [0.1, 0.15) is 17.7 Å². The van der Waals surface area contributed by atoms with Crippen LogP contribution in [-0.4, -0.2) is 66.1 Å². The fourth-order valence-electron chi connectivity index (χ4n) is 3.14. The Morgan fingerprint density at radius 3 is 2.85 bits per heavy atom. The van der Waals surface area contributed by atoms with Gasteiger partial charge in [0.25, 0.3) is 5.56 Å². The van der Waals surface area contributed by atoms with Crippen molar-refractivity contribution >= 4 is 29.0 Å². The van der Waals surface area contributed by atoms with E-state index in [4.69, 9.17) is 0 Å². The minimum Gasteiger partial charge on any atom is -0.348 e. The second kappa shape index (κ2) is 8.10. The molecule has 1 aliphatic rings. The maximum absolute atomic E-state index is 12.5. The first-order valence-corrected chi connectivity index (χ1v) is 9.84. The Morgan fingerprint density at radius 1 is 1.41 bits per heavy atom. The third-order valence-corrected chi connectivity index (χ3v) is 5.65. The normalized spacial score (nSPS) is 16.8. The predicted molar refractivity (Wildman–Crippen MR) is 109 cm³/mol. The molecule has 2 aromatic heterocycles. The maximum Gasteiger partial charge on any atom is 0.321 e. The number of aromatic amines is 1. The summed E-state index contributed by atoms with van der Waals surface area (Å²) in [4.78, 5) is 37.3. The van der Waals surface area contributed by atoms with E-state index < -0.39 is 0 Å². The molecule has 2 N–H and O–H groups in total. The number of hydrogen-bond acceptors (Lipinski definition) is 6. The van der Waals surface area contributed by atoms with Gasteiger partial charge >= 0.3 is 6.03 Å². The van der Waals surface area contributed by atoms with Crippen molar-refractivity contribution in [1.82, 2.24) is 19.8 Å². The van der Waals surface area contributed by atoms with Crippen LogP contribution < -0.4 is 15.8 Å². The molecular weight excluding hydrogens is 364 g/mol. The van der Waals surface area contributed by atoms with Crippen LogP contribution in [0.25, 0.3) is 0 Å². The molecule has 27 heavy (non-hydrogen) atoms. The van der Waals surface area contributed by atoms with E-state index in [1.165, 1.54) is 6.07 Å². The van der Waals surface area contributed by atoms with Gasteiger partial charge in [0.05, 0.1) is 11.4 Å². The predicted octanol–water partition coefficient (Wildman–Crippen LogP) is 1.94. The monoisotopic (exact) mass is 390 g/mol. The number of likely N-dealkylation sites (tertiary alicyclic amines) is 1. The van der Waals surface area contributed by atoms with Crippen molar-refractivity contribution in [3.8, 4) is 0 Å². The smallest absolute Gasteiger partial charge is 0.321 e. The second-order valence-corrected chi connectivity index (χ2v) is 7.90. The first-order valence-electron chi connectivity index (χ1n) is 8.90. The third-order valence-electron chi connectivity index (χ3n) is 4.79. The Balaban J connectivity index is 1.59. The highest BCUT2D eigenvalue weighted by Gasteiger charge is 2.29. The highest BCUT2D eigenvalue weighted by atomic mass is 32.1. The van der Waals surface area contributed by atoms with Gasteiger partial charge in [0, 0.05) is 51.2 Å². The fraction of sp³-hybridized carbons (Fsp3) is 0.500. The SMILES string of the molecule is Cc1cscc1NC(=O)N1CCC(N(C)Cc2cc(=O)[nH]c(N(C)C)n2)C1. The minimum absolute atomic E-state index is 0.0587. The second-order valence-electron chi connectivity index (χ2n) is 7.16. The molecule has 9 heteroatoms. The van der Waals surface area contributed by atoms with Gasteiger partial charge in [-0.1, -0.05) is 0 Å². The number of rotatable bonds is 5. The zero-order valence-electron chi connectivity index (χ0n) is 16.2. The van der Waals surface area contributed by atoms with E-state index in [1.54, 1.807) is 16.2 Å². The third kappa shape index (κ3) is 4.67. The molecule has 1 atom stereocenters. The molecular formula is C18H26N6O2S. The molecule has 0 spiro atoms. The van der Waals surface area contributed by atoms with Gasteiger partial charge in [-0.2, -0.15) is 0 Å². The van der Waals surface area contributed by atoms with Crippen molar-refractivity contribution < 1.29 is 4.79 Å². The molecule has 1 aliphatic heterocycles. The van der Waals surface area contributed by atoms with Crippen molar-refractivity contribution in [2.75, 3.05) is 44.4 Å². The molecule has 1 unspecified atom stereocenters. The Morgan fingerprint density at radius 2 is 2.19 bits per heavy atom. The number of hydrogen-bond donors (Lipinski definition) is 2. The molecule has 1 fully saturated rings. The average Bonchev–Trinajstić information content (AvgIpc) is 3.24. The number of anilines is 2. The number of amides is 2. The van der Waals surface area contributed by atoms with E-state index in [1.807, 2.05) is 43.7 Å². The number of urea groups is 1. The van der Waals surface area contributed by atoms with Gasteiger partial charge in [-0.05, 0) is 31.3 Å². The zero-order chi connectivity index (χ0) is 19.6. The number of aromatic nitrogens is 2. The lowest BCUT2D eigenvalue weighted by molar-refractivity contribution is 0.207. The highest BCUT2D eigenvalue weighted by Crippen LogP contribution is 2.22. The number of nitrogens with one attached hydrogen (secondary N) is 2. The Hall–Kier alpha value is -2.39. The minimum atomic E-state index is -0.157. The van der Waals surface area contributed by atoms with Crippen molar-refractivity contribution in [3.63, 3.8) is 0 Å². The van der Waals surface area contributed by atoms with Crippen LogP contribution >= 0.6 is 11.3 Å². The number of likely N-dealkylation sites (N-methyl/N-ethyl adjacent to an activating group) is 1. The van der Waals surface area contributed by atoms with Gasteiger partial charge in [0.2, 0.25) is 5.95 Å². The number of nitrogens with zero attached hydrogens (tertiary/aromatic N) is 4. The number of thiophene rings is 1. The molecule has 0 aromatic carbocycles. The topological polar surface area (TPSA) is 84.6 Å². The first-order chi connectivity index (χ1) is 12.8. The fourth-order valence-corrected chi connectivity index (χ4v) is 3.92.